The third-order valence-electron chi connectivity index (χ3n) is 2.36. The summed E-state index contributed by atoms with van der Waals surface area (Å²) < 4.78 is 0. The van der Waals surface area contributed by atoms with E-state index in [-0.39, 0.29) is 5.54 Å². The topological polar surface area (TPSA) is 24.4 Å². The number of hydrogen-bond acceptors (Lipinski definition) is 1. The molecule has 1 fully saturated rings. The van der Waals surface area contributed by atoms with Gasteiger partial charge in [-0.1, -0.05) is 19.3 Å². The molecule has 0 aromatic heterocycles. The fraction of sp³-hybridized carbons (Fsp3) is 0.909. The summed E-state index contributed by atoms with van der Waals surface area (Å²) >= 11 is 0. The molecule has 1 saturated carbocycles. The molecule has 0 bridgehead atoms. The van der Waals surface area contributed by atoms with E-state index >= 15 is 0 Å². The summed E-state index contributed by atoms with van der Waals surface area (Å²) in [6.45, 7) is 6.46. The van der Waals surface area contributed by atoms with Crippen LogP contribution in [0.3, 0.4) is 0 Å². The zero-order valence-corrected chi connectivity index (χ0v) is 9.14. The van der Waals surface area contributed by atoms with Gasteiger partial charge >= 0.3 is 0 Å². The van der Waals surface area contributed by atoms with Crippen molar-refractivity contribution in [1.29, 1.82) is 0 Å². The van der Waals surface area contributed by atoms with Crippen LogP contribution in [0.15, 0.2) is 4.99 Å². The van der Waals surface area contributed by atoms with Crippen LogP contribution in [0.2, 0.25) is 0 Å². The summed E-state index contributed by atoms with van der Waals surface area (Å²) in [5.41, 5.74) is 0.151. The highest BCUT2D eigenvalue weighted by atomic mass is 15.0. The Morgan fingerprint density at radius 2 is 1.77 bits per heavy atom. The number of hydrogen-bond donors (Lipinski definition) is 1. The second-order valence-electron chi connectivity index (χ2n) is 4.96. The fourth-order valence-corrected chi connectivity index (χ4v) is 1.57. The third kappa shape index (κ3) is 4.91. The van der Waals surface area contributed by atoms with Crippen molar-refractivity contribution in [3.05, 3.63) is 0 Å². The molecule has 0 saturated heterocycles. The lowest BCUT2D eigenvalue weighted by Crippen LogP contribution is -2.35. The van der Waals surface area contributed by atoms with Crippen LogP contribution in [-0.2, 0) is 0 Å². The van der Waals surface area contributed by atoms with E-state index in [1.54, 1.807) is 0 Å². The SMILES string of the molecule is CC(C)(C)NC=NC1CCCCC1. The van der Waals surface area contributed by atoms with Crippen LogP contribution in [0, 0.1) is 0 Å². The van der Waals surface area contributed by atoms with Crippen LogP contribution >= 0.6 is 0 Å². The Labute approximate surface area is 81.8 Å². The van der Waals surface area contributed by atoms with Gasteiger partial charge in [-0.15, -0.1) is 0 Å². The van der Waals surface area contributed by atoms with Crippen LogP contribution in [0.5, 0.6) is 0 Å². The van der Waals surface area contributed by atoms with Crippen molar-refractivity contribution in [3.63, 3.8) is 0 Å². The first-order chi connectivity index (χ1) is 6.08. The Morgan fingerprint density at radius 1 is 1.15 bits per heavy atom. The maximum atomic E-state index is 4.53. The van der Waals surface area contributed by atoms with Gasteiger partial charge in [0, 0.05) is 5.54 Å². The summed E-state index contributed by atoms with van der Waals surface area (Å²) in [6, 6.07) is 0.587. The van der Waals surface area contributed by atoms with E-state index in [4.69, 9.17) is 0 Å². The third-order valence-corrected chi connectivity index (χ3v) is 2.36. The van der Waals surface area contributed by atoms with Crippen molar-refractivity contribution >= 4 is 6.34 Å². The Hall–Kier alpha value is -0.530. The van der Waals surface area contributed by atoms with Crippen molar-refractivity contribution in [1.82, 2.24) is 5.32 Å². The van der Waals surface area contributed by atoms with Crippen LogP contribution in [0.25, 0.3) is 0 Å². The predicted molar refractivity (Wildman–Crippen MR) is 58.3 cm³/mol. The molecule has 0 radical (unpaired) electrons. The second kappa shape index (κ2) is 4.64. The van der Waals surface area contributed by atoms with Gasteiger partial charge in [0.15, 0.2) is 0 Å². The lowest BCUT2D eigenvalue weighted by Gasteiger charge is -2.20. The van der Waals surface area contributed by atoms with Crippen molar-refractivity contribution < 1.29 is 0 Å². The predicted octanol–water partition coefficient (Wildman–Crippen LogP) is 2.74. The van der Waals surface area contributed by atoms with E-state index < -0.39 is 0 Å². The molecule has 1 aliphatic rings. The summed E-state index contributed by atoms with van der Waals surface area (Å²) in [5.74, 6) is 0. The standard InChI is InChI=1S/C11H22N2/c1-11(2,3)13-9-12-10-7-5-4-6-8-10/h9-10H,4-8H2,1-3H3,(H,12,13). The summed E-state index contributed by atoms with van der Waals surface area (Å²) in [7, 11) is 0. The Morgan fingerprint density at radius 3 is 2.31 bits per heavy atom. The summed E-state index contributed by atoms with van der Waals surface area (Å²) in [5, 5.41) is 3.28. The van der Waals surface area contributed by atoms with Gasteiger partial charge in [0.2, 0.25) is 0 Å². The van der Waals surface area contributed by atoms with Gasteiger partial charge in [0.1, 0.15) is 0 Å². The molecule has 13 heavy (non-hydrogen) atoms. The average molecular weight is 182 g/mol. The molecule has 2 nitrogen and oxygen atoms in total. The Balaban J connectivity index is 2.22. The highest BCUT2D eigenvalue weighted by Crippen LogP contribution is 2.19. The first-order valence-corrected chi connectivity index (χ1v) is 5.37. The zero-order chi connectivity index (χ0) is 9.73. The van der Waals surface area contributed by atoms with E-state index in [0.29, 0.717) is 6.04 Å². The maximum absolute atomic E-state index is 4.53. The van der Waals surface area contributed by atoms with E-state index in [2.05, 4.69) is 31.1 Å². The molecule has 1 aliphatic carbocycles. The second-order valence-corrected chi connectivity index (χ2v) is 4.96. The van der Waals surface area contributed by atoms with Crippen molar-refractivity contribution in [2.24, 2.45) is 4.99 Å². The number of nitrogens with zero attached hydrogens (tertiary/aromatic N) is 1. The molecule has 0 spiro atoms. The number of nitrogens with one attached hydrogen (secondary N) is 1. The highest BCUT2D eigenvalue weighted by molar-refractivity contribution is 5.55. The molecule has 0 heterocycles. The molecule has 0 atom stereocenters. The smallest absolute Gasteiger partial charge is 0.0831 e. The van der Waals surface area contributed by atoms with Gasteiger partial charge in [-0.3, -0.25) is 4.99 Å². The lowest BCUT2D eigenvalue weighted by atomic mass is 9.96. The van der Waals surface area contributed by atoms with Gasteiger partial charge in [-0.2, -0.15) is 0 Å². The van der Waals surface area contributed by atoms with Crippen LogP contribution < -0.4 is 5.32 Å². The molecule has 0 amide bonds. The first kappa shape index (κ1) is 10.6. The van der Waals surface area contributed by atoms with Crippen molar-refractivity contribution in [3.8, 4) is 0 Å². The van der Waals surface area contributed by atoms with E-state index in [1.807, 2.05) is 6.34 Å². The molecule has 0 aromatic carbocycles. The van der Waals surface area contributed by atoms with Gasteiger partial charge in [-0.25, -0.2) is 0 Å². The van der Waals surface area contributed by atoms with Gasteiger partial charge in [-0.05, 0) is 33.6 Å². The molecule has 1 N–H and O–H groups in total. The first-order valence-electron chi connectivity index (χ1n) is 5.37. The number of aliphatic imine (C=N–C) groups is 1. The van der Waals surface area contributed by atoms with E-state index in [0.717, 1.165) is 0 Å². The summed E-state index contributed by atoms with van der Waals surface area (Å²) in [6.07, 6.45) is 8.58. The minimum atomic E-state index is 0.151. The minimum absolute atomic E-state index is 0.151. The molecular formula is C11H22N2. The molecule has 0 aromatic rings. The quantitative estimate of drug-likeness (QED) is 0.515. The highest BCUT2D eigenvalue weighted by Gasteiger charge is 2.11. The van der Waals surface area contributed by atoms with E-state index in [9.17, 15) is 0 Å². The molecule has 0 aliphatic heterocycles. The molecule has 0 unspecified atom stereocenters. The van der Waals surface area contributed by atoms with Crippen LogP contribution in [0.4, 0.5) is 0 Å². The fourth-order valence-electron chi connectivity index (χ4n) is 1.57. The van der Waals surface area contributed by atoms with Crippen LogP contribution in [0.1, 0.15) is 52.9 Å². The Bertz CT molecular complexity index is 161. The largest absolute Gasteiger partial charge is 0.372 e. The molecular weight excluding hydrogens is 160 g/mol. The number of rotatable bonds is 2. The van der Waals surface area contributed by atoms with Crippen LogP contribution in [-0.4, -0.2) is 17.9 Å². The lowest BCUT2D eigenvalue weighted by molar-refractivity contribution is 0.440. The van der Waals surface area contributed by atoms with Gasteiger partial charge < -0.3 is 5.32 Å². The monoisotopic (exact) mass is 182 g/mol. The zero-order valence-electron chi connectivity index (χ0n) is 9.14. The molecule has 76 valence electrons. The normalized spacial score (nSPS) is 20.8. The maximum Gasteiger partial charge on any atom is 0.0831 e. The van der Waals surface area contributed by atoms with Gasteiger partial charge in [0.25, 0.3) is 0 Å². The van der Waals surface area contributed by atoms with E-state index in [1.165, 1.54) is 32.1 Å². The average Bonchev–Trinajstić information content (AvgIpc) is 2.04. The van der Waals surface area contributed by atoms with Crippen molar-refractivity contribution in [2.75, 3.05) is 0 Å². The minimum Gasteiger partial charge on any atom is -0.372 e. The molecule has 1 rings (SSSR count). The summed E-state index contributed by atoms with van der Waals surface area (Å²) in [4.78, 5) is 4.53. The van der Waals surface area contributed by atoms with Gasteiger partial charge in [0.05, 0.1) is 12.4 Å². The van der Waals surface area contributed by atoms with Crippen molar-refractivity contribution in [2.45, 2.75) is 64.5 Å². The Kier molecular flexibility index (Phi) is 3.76. The molecule has 2 heteroatoms.